The molecule has 0 radical (unpaired) electrons. The highest BCUT2D eigenvalue weighted by molar-refractivity contribution is 14.0. The Morgan fingerprint density at radius 1 is 0.941 bits per heavy atom. The van der Waals surface area contributed by atoms with Gasteiger partial charge < -0.3 is 20.3 Å². The first-order valence-corrected chi connectivity index (χ1v) is 12.4. The molecule has 1 unspecified atom stereocenters. The average molecular weight is 578 g/mol. The van der Waals surface area contributed by atoms with Crippen LogP contribution in [0, 0.1) is 5.92 Å². The molecule has 0 aliphatic carbocycles. The van der Waals surface area contributed by atoms with Crippen LogP contribution in [-0.4, -0.2) is 75.3 Å². The molecule has 186 valence electrons. The smallest absolute Gasteiger partial charge is 0.191 e. The van der Waals surface area contributed by atoms with Crippen LogP contribution < -0.4 is 10.6 Å². The number of benzene rings is 2. The van der Waals surface area contributed by atoms with Gasteiger partial charge >= 0.3 is 0 Å². The molecule has 2 fully saturated rings. The number of ether oxygens (including phenoxy) is 1. The van der Waals surface area contributed by atoms with Gasteiger partial charge in [-0.05, 0) is 42.0 Å². The van der Waals surface area contributed by atoms with E-state index < -0.39 is 0 Å². The van der Waals surface area contributed by atoms with E-state index in [9.17, 15) is 0 Å². The fraction of sp³-hybridized carbons (Fsp3) is 0.519. The van der Waals surface area contributed by atoms with Crippen LogP contribution in [0.5, 0.6) is 0 Å². The summed E-state index contributed by atoms with van der Waals surface area (Å²) in [7, 11) is 1.86. The van der Waals surface area contributed by atoms with Gasteiger partial charge in [-0.25, -0.2) is 0 Å². The Labute approximate surface area is 222 Å². The predicted octanol–water partition coefficient (Wildman–Crippen LogP) is 3.37. The highest BCUT2D eigenvalue weighted by Crippen LogP contribution is 2.16. The zero-order valence-corrected chi connectivity index (χ0v) is 22.7. The summed E-state index contributed by atoms with van der Waals surface area (Å²) in [5, 5.41) is 7.09. The molecular formula is C27H40IN5O. The number of halogens is 1. The van der Waals surface area contributed by atoms with Crippen molar-refractivity contribution in [2.24, 2.45) is 10.9 Å². The van der Waals surface area contributed by atoms with Crippen molar-refractivity contribution in [3.05, 3.63) is 71.3 Å². The van der Waals surface area contributed by atoms with E-state index in [2.05, 4.69) is 80.0 Å². The van der Waals surface area contributed by atoms with Crippen molar-refractivity contribution in [1.29, 1.82) is 0 Å². The number of nitrogens with zero attached hydrogens (tertiary/aromatic N) is 3. The zero-order chi connectivity index (χ0) is 22.7. The molecule has 2 heterocycles. The minimum atomic E-state index is 0. The summed E-state index contributed by atoms with van der Waals surface area (Å²) in [5.41, 5.74) is 4.14. The molecule has 0 spiro atoms. The summed E-state index contributed by atoms with van der Waals surface area (Å²) in [4.78, 5) is 9.52. The topological polar surface area (TPSA) is 52.1 Å². The number of hydrogen-bond acceptors (Lipinski definition) is 4. The van der Waals surface area contributed by atoms with Gasteiger partial charge in [-0.3, -0.25) is 9.89 Å². The maximum Gasteiger partial charge on any atom is 0.191 e. The maximum atomic E-state index is 5.49. The Bertz CT molecular complexity index is 872. The number of rotatable bonds is 9. The number of morpholine rings is 1. The van der Waals surface area contributed by atoms with E-state index in [0.717, 1.165) is 64.9 Å². The molecule has 2 aromatic rings. The highest BCUT2D eigenvalue weighted by Gasteiger charge is 2.22. The molecule has 1 atom stereocenters. The molecule has 34 heavy (non-hydrogen) atoms. The first kappa shape index (κ1) is 26.9. The molecule has 0 saturated carbocycles. The van der Waals surface area contributed by atoms with E-state index in [1.54, 1.807) is 0 Å². The molecule has 2 aliphatic heterocycles. The molecule has 0 bridgehead atoms. The van der Waals surface area contributed by atoms with Crippen LogP contribution in [0.1, 0.15) is 23.1 Å². The number of aliphatic imine (C=N–C) groups is 1. The third-order valence-corrected chi connectivity index (χ3v) is 6.77. The third kappa shape index (κ3) is 8.52. The molecule has 2 aromatic carbocycles. The first-order valence-electron chi connectivity index (χ1n) is 12.4. The monoisotopic (exact) mass is 577 g/mol. The van der Waals surface area contributed by atoms with Gasteiger partial charge in [0.25, 0.3) is 0 Å². The minimum Gasteiger partial charge on any atom is -0.379 e. The lowest BCUT2D eigenvalue weighted by atomic mass is 10.1. The van der Waals surface area contributed by atoms with E-state index in [4.69, 9.17) is 4.74 Å². The molecule has 0 aromatic heterocycles. The second-order valence-corrected chi connectivity index (χ2v) is 9.15. The Morgan fingerprint density at radius 2 is 1.68 bits per heavy atom. The third-order valence-electron chi connectivity index (χ3n) is 6.77. The molecule has 4 rings (SSSR count). The van der Waals surface area contributed by atoms with Gasteiger partial charge in [0.05, 0.1) is 13.2 Å². The van der Waals surface area contributed by atoms with Crippen molar-refractivity contribution in [1.82, 2.24) is 20.4 Å². The van der Waals surface area contributed by atoms with E-state index in [-0.39, 0.29) is 24.0 Å². The van der Waals surface area contributed by atoms with Crippen molar-refractivity contribution in [3.63, 3.8) is 0 Å². The van der Waals surface area contributed by atoms with Crippen molar-refractivity contribution in [2.45, 2.75) is 25.9 Å². The summed E-state index contributed by atoms with van der Waals surface area (Å²) < 4.78 is 5.49. The van der Waals surface area contributed by atoms with E-state index in [0.29, 0.717) is 5.92 Å². The van der Waals surface area contributed by atoms with E-state index in [1.165, 1.54) is 36.2 Å². The van der Waals surface area contributed by atoms with Gasteiger partial charge in [0, 0.05) is 52.9 Å². The van der Waals surface area contributed by atoms with Gasteiger partial charge in [-0.2, -0.15) is 0 Å². The van der Waals surface area contributed by atoms with Gasteiger partial charge in [0.15, 0.2) is 5.96 Å². The Morgan fingerprint density at radius 3 is 2.44 bits per heavy atom. The second-order valence-electron chi connectivity index (χ2n) is 9.15. The molecule has 0 amide bonds. The van der Waals surface area contributed by atoms with Crippen molar-refractivity contribution >= 4 is 29.9 Å². The zero-order valence-electron chi connectivity index (χ0n) is 20.4. The van der Waals surface area contributed by atoms with E-state index in [1.807, 2.05) is 7.05 Å². The maximum absolute atomic E-state index is 5.49. The Balaban J connectivity index is 0.00000324. The summed E-state index contributed by atoms with van der Waals surface area (Å²) in [5.74, 6) is 1.56. The van der Waals surface area contributed by atoms with Crippen LogP contribution in [-0.2, 0) is 24.2 Å². The Hall–Kier alpha value is -1.68. The predicted molar refractivity (Wildman–Crippen MR) is 151 cm³/mol. The van der Waals surface area contributed by atoms with Crippen LogP contribution >= 0.6 is 24.0 Å². The van der Waals surface area contributed by atoms with Crippen LogP contribution in [0.4, 0.5) is 0 Å². The quantitative estimate of drug-likeness (QED) is 0.272. The normalized spacial score (nSPS) is 19.6. The first-order chi connectivity index (χ1) is 16.3. The van der Waals surface area contributed by atoms with E-state index >= 15 is 0 Å². The fourth-order valence-corrected chi connectivity index (χ4v) is 4.74. The highest BCUT2D eigenvalue weighted by atomic mass is 127. The van der Waals surface area contributed by atoms with Crippen LogP contribution in [0.3, 0.4) is 0 Å². The molecule has 2 saturated heterocycles. The molecule has 2 N–H and O–H groups in total. The van der Waals surface area contributed by atoms with Gasteiger partial charge in [-0.15, -0.1) is 24.0 Å². The number of nitrogens with one attached hydrogen (secondary N) is 2. The summed E-state index contributed by atoms with van der Waals surface area (Å²) in [6, 6.07) is 19.5. The molecule has 2 aliphatic rings. The fourth-order valence-electron chi connectivity index (χ4n) is 4.74. The van der Waals surface area contributed by atoms with Crippen molar-refractivity contribution in [2.75, 3.05) is 59.5 Å². The molecular weight excluding hydrogens is 537 g/mol. The average Bonchev–Trinajstić information content (AvgIpc) is 3.33. The summed E-state index contributed by atoms with van der Waals surface area (Å²) >= 11 is 0. The lowest BCUT2D eigenvalue weighted by Crippen LogP contribution is -2.40. The minimum absolute atomic E-state index is 0. The lowest BCUT2D eigenvalue weighted by molar-refractivity contribution is 0.0341. The number of hydrogen-bond donors (Lipinski definition) is 2. The van der Waals surface area contributed by atoms with Crippen molar-refractivity contribution in [3.8, 4) is 0 Å². The van der Waals surface area contributed by atoms with Crippen LogP contribution in [0.15, 0.2) is 59.6 Å². The van der Waals surface area contributed by atoms with Gasteiger partial charge in [0.2, 0.25) is 0 Å². The number of likely N-dealkylation sites (tertiary alicyclic amines) is 1. The number of guanidine groups is 1. The summed E-state index contributed by atoms with van der Waals surface area (Å²) in [6.07, 6.45) is 2.38. The van der Waals surface area contributed by atoms with Crippen LogP contribution in [0.2, 0.25) is 0 Å². The van der Waals surface area contributed by atoms with Gasteiger partial charge in [0.1, 0.15) is 0 Å². The van der Waals surface area contributed by atoms with Gasteiger partial charge in [-0.1, -0.05) is 54.6 Å². The van der Waals surface area contributed by atoms with Crippen LogP contribution in [0.25, 0.3) is 0 Å². The largest absolute Gasteiger partial charge is 0.379 e. The van der Waals surface area contributed by atoms with Crippen molar-refractivity contribution < 1.29 is 4.74 Å². The molecule has 6 nitrogen and oxygen atoms in total. The molecule has 7 heteroatoms. The Kier molecular flexibility index (Phi) is 11.6. The lowest BCUT2D eigenvalue weighted by Gasteiger charge is -2.27. The standard InChI is InChI=1S/C27H39N5O.HI/c1-28-27(29-19-24-12-14-31(21-24)13-11-23-7-3-2-4-8-23)30-20-25-9-5-6-10-26(25)22-32-15-17-33-18-16-32;/h2-10,24H,11-22H2,1H3,(H2,28,29,30);1H. The summed E-state index contributed by atoms with van der Waals surface area (Å²) in [6.45, 7) is 9.93. The SMILES string of the molecule is CN=C(NCc1ccccc1CN1CCOCC1)NCC1CCN(CCc2ccccc2)C1.I. The second kappa shape index (κ2) is 14.7.